The number of benzene rings is 1. The zero-order valence-electron chi connectivity index (χ0n) is 9.21. The van der Waals surface area contributed by atoms with Gasteiger partial charge >= 0.3 is 11.9 Å². The van der Waals surface area contributed by atoms with Crippen molar-refractivity contribution < 1.29 is 24.5 Å². The number of aromatic hydroxyl groups is 1. The van der Waals surface area contributed by atoms with Gasteiger partial charge in [0.2, 0.25) is 0 Å². The van der Waals surface area contributed by atoms with Gasteiger partial charge in [0.25, 0.3) is 0 Å². The molecule has 0 aliphatic heterocycles. The second-order valence-electron chi connectivity index (χ2n) is 3.39. The first kappa shape index (κ1) is 13.0. The molecule has 0 amide bonds. The molecule has 0 saturated heterocycles. The van der Waals surface area contributed by atoms with Gasteiger partial charge in [0, 0.05) is 6.54 Å². The Morgan fingerprint density at radius 3 is 2.59 bits per heavy atom. The molecule has 6 nitrogen and oxygen atoms in total. The number of phenolic OH excluding ortho intramolecular Hbond substituents is 1. The van der Waals surface area contributed by atoms with Crippen molar-refractivity contribution in [2.24, 2.45) is 5.73 Å². The van der Waals surface area contributed by atoms with Gasteiger partial charge in [-0.15, -0.1) is 0 Å². The van der Waals surface area contributed by atoms with Crippen LogP contribution in [0.4, 0.5) is 0 Å². The van der Waals surface area contributed by atoms with E-state index in [-0.39, 0.29) is 17.9 Å². The van der Waals surface area contributed by atoms with Crippen LogP contribution < -0.4 is 5.73 Å². The molecule has 0 saturated carbocycles. The molecule has 1 rings (SSSR count). The summed E-state index contributed by atoms with van der Waals surface area (Å²) in [6.07, 6.45) is 0. The first-order valence-corrected chi connectivity index (χ1v) is 4.85. The molecular weight excluding hydrogens is 226 g/mol. The van der Waals surface area contributed by atoms with Crippen LogP contribution in [0.3, 0.4) is 0 Å². The van der Waals surface area contributed by atoms with E-state index in [9.17, 15) is 14.7 Å². The van der Waals surface area contributed by atoms with Crippen molar-refractivity contribution in [1.29, 1.82) is 0 Å². The fourth-order valence-corrected chi connectivity index (χ4v) is 1.42. The zero-order valence-corrected chi connectivity index (χ0v) is 9.21. The maximum atomic E-state index is 11.3. The number of phenols is 1. The van der Waals surface area contributed by atoms with Crippen LogP contribution >= 0.6 is 0 Å². The van der Waals surface area contributed by atoms with Gasteiger partial charge in [0.15, 0.2) is 0 Å². The van der Waals surface area contributed by atoms with Gasteiger partial charge in [-0.25, -0.2) is 4.79 Å². The molecule has 1 aromatic carbocycles. The van der Waals surface area contributed by atoms with E-state index in [1.807, 2.05) is 0 Å². The molecule has 0 aliphatic rings. The Balaban J connectivity index is 3.20. The fraction of sp³-hybridized carbons (Fsp3) is 0.273. The van der Waals surface area contributed by atoms with Crippen molar-refractivity contribution >= 4 is 11.9 Å². The van der Waals surface area contributed by atoms with Gasteiger partial charge in [0.05, 0.1) is 13.0 Å². The molecule has 17 heavy (non-hydrogen) atoms. The molecule has 4 N–H and O–H groups in total. The predicted octanol–water partition coefficient (Wildman–Crippen LogP) is 0.306. The summed E-state index contributed by atoms with van der Waals surface area (Å²) in [5.41, 5.74) is 5.61. The molecule has 1 atom stereocenters. The number of rotatable bonds is 4. The first-order valence-electron chi connectivity index (χ1n) is 4.85. The maximum Gasteiger partial charge on any atom is 0.341 e. The number of carboxylic acids is 1. The van der Waals surface area contributed by atoms with Crippen molar-refractivity contribution in [3.8, 4) is 5.75 Å². The Morgan fingerprint density at radius 2 is 2.12 bits per heavy atom. The third kappa shape index (κ3) is 2.73. The number of carbonyl (C=O) groups is 2. The molecule has 0 heterocycles. The standard InChI is InChI=1S/C11H13NO5/c1-17-11(16)7-4-6(2-3-9(7)13)8(5-12)10(14)15/h2-4,8,13H,5,12H2,1H3,(H,14,15). The highest BCUT2D eigenvalue weighted by atomic mass is 16.5. The van der Waals surface area contributed by atoms with E-state index in [1.54, 1.807) is 0 Å². The van der Waals surface area contributed by atoms with E-state index < -0.39 is 17.9 Å². The second kappa shape index (κ2) is 5.31. The van der Waals surface area contributed by atoms with Crippen LogP contribution in [0.1, 0.15) is 21.8 Å². The molecule has 6 heteroatoms. The molecule has 0 fully saturated rings. The monoisotopic (exact) mass is 239 g/mol. The van der Waals surface area contributed by atoms with Crippen molar-refractivity contribution in [1.82, 2.24) is 0 Å². The number of nitrogens with two attached hydrogens (primary N) is 1. The Hall–Kier alpha value is -2.08. The summed E-state index contributed by atoms with van der Waals surface area (Å²) in [7, 11) is 1.17. The number of esters is 1. The Labute approximate surface area is 97.6 Å². The SMILES string of the molecule is COC(=O)c1cc(C(CN)C(=O)O)ccc1O. The third-order valence-electron chi connectivity index (χ3n) is 2.36. The van der Waals surface area contributed by atoms with Gasteiger partial charge in [-0.2, -0.15) is 0 Å². The molecule has 0 radical (unpaired) electrons. The van der Waals surface area contributed by atoms with Gasteiger partial charge < -0.3 is 20.7 Å². The van der Waals surface area contributed by atoms with Crippen LogP contribution in [0.2, 0.25) is 0 Å². The largest absolute Gasteiger partial charge is 0.507 e. The zero-order chi connectivity index (χ0) is 13.0. The van der Waals surface area contributed by atoms with Crippen LogP contribution in [0.5, 0.6) is 5.75 Å². The highest BCUT2D eigenvalue weighted by Gasteiger charge is 2.21. The minimum Gasteiger partial charge on any atom is -0.507 e. The molecular formula is C11H13NO5. The number of carboxylic acid groups (broad SMARTS) is 1. The number of carbonyl (C=O) groups excluding carboxylic acids is 1. The lowest BCUT2D eigenvalue weighted by molar-refractivity contribution is -0.138. The highest BCUT2D eigenvalue weighted by Crippen LogP contribution is 2.24. The average molecular weight is 239 g/mol. The molecule has 1 unspecified atom stereocenters. The lowest BCUT2D eigenvalue weighted by Gasteiger charge is -2.11. The smallest absolute Gasteiger partial charge is 0.341 e. The lowest BCUT2D eigenvalue weighted by atomic mass is 9.97. The van der Waals surface area contributed by atoms with Gasteiger partial charge in [-0.05, 0) is 17.7 Å². The summed E-state index contributed by atoms with van der Waals surface area (Å²) in [5, 5.41) is 18.4. The first-order chi connectivity index (χ1) is 8.01. The number of hydrogen-bond donors (Lipinski definition) is 3. The van der Waals surface area contributed by atoms with Crippen LogP contribution in [0, 0.1) is 0 Å². The molecule has 0 bridgehead atoms. The number of hydrogen-bond acceptors (Lipinski definition) is 5. The number of aliphatic carboxylic acids is 1. The third-order valence-corrected chi connectivity index (χ3v) is 2.36. The lowest BCUT2D eigenvalue weighted by Crippen LogP contribution is -2.21. The van der Waals surface area contributed by atoms with Crippen molar-refractivity contribution in [3.05, 3.63) is 29.3 Å². The fourth-order valence-electron chi connectivity index (χ4n) is 1.42. The summed E-state index contributed by atoms with van der Waals surface area (Å²) < 4.78 is 4.47. The highest BCUT2D eigenvalue weighted by molar-refractivity contribution is 5.93. The number of ether oxygens (including phenoxy) is 1. The molecule has 0 aromatic heterocycles. The number of methoxy groups -OCH3 is 1. The van der Waals surface area contributed by atoms with Crippen LogP contribution in [-0.4, -0.2) is 35.8 Å². The maximum absolute atomic E-state index is 11.3. The van der Waals surface area contributed by atoms with Crippen LogP contribution in [0.15, 0.2) is 18.2 Å². The van der Waals surface area contributed by atoms with Crippen molar-refractivity contribution in [2.75, 3.05) is 13.7 Å². The summed E-state index contributed by atoms with van der Waals surface area (Å²) in [5.74, 6) is -3.00. The van der Waals surface area contributed by atoms with E-state index >= 15 is 0 Å². The quantitative estimate of drug-likeness (QED) is 0.652. The molecule has 0 spiro atoms. The predicted molar refractivity (Wildman–Crippen MR) is 58.9 cm³/mol. The van der Waals surface area contributed by atoms with Gasteiger partial charge in [-0.3, -0.25) is 4.79 Å². The Morgan fingerprint density at radius 1 is 1.47 bits per heavy atom. The molecule has 92 valence electrons. The molecule has 0 aliphatic carbocycles. The minimum absolute atomic E-state index is 0.0790. The summed E-state index contributed by atoms with van der Waals surface area (Å²) in [4.78, 5) is 22.2. The summed E-state index contributed by atoms with van der Waals surface area (Å²) >= 11 is 0. The van der Waals surface area contributed by atoms with E-state index in [1.165, 1.54) is 25.3 Å². The minimum atomic E-state index is -1.09. The van der Waals surface area contributed by atoms with Crippen molar-refractivity contribution in [2.45, 2.75) is 5.92 Å². The topological polar surface area (TPSA) is 110 Å². The van der Waals surface area contributed by atoms with Crippen LogP contribution in [-0.2, 0) is 9.53 Å². The van der Waals surface area contributed by atoms with Crippen molar-refractivity contribution in [3.63, 3.8) is 0 Å². The average Bonchev–Trinajstić information content (AvgIpc) is 2.30. The van der Waals surface area contributed by atoms with Crippen LogP contribution in [0.25, 0.3) is 0 Å². The Bertz CT molecular complexity index is 443. The summed E-state index contributed by atoms with van der Waals surface area (Å²) in [6, 6.07) is 3.92. The van der Waals surface area contributed by atoms with E-state index in [2.05, 4.69) is 4.74 Å². The van der Waals surface area contributed by atoms with E-state index in [0.717, 1.165) is 0 Å². The van der Waals surface area contributed by atoms with Gasteiger partial charge in [-0.1, -0.05) is 6.07 Å². The van der Waals surface area contributed by atoms with E-state index in [4.69, 9.17) is 10.8 Å². The van der Waals surface area contributed by atoms with E-state index in [0.29, 0.717) is 5.56 Å². The normalized spacial score (nSPS) is 11.9. The Kier molecular flexibility index (Phi) is 4.06. The van der Waals surface area contributed by atoms with Gasteiger partial charge in [0.1, 0.15) is 11.3 Å². The molecule has 1 aromatic rings. The summed E-state index contributed by atoms with van der Waals surface area (Å²) in [6.45, 7) is -0.0965. The second-order valence-corrected chi connectivity index (χ2v) is 3.39.